The number of hydrogen-bond donors (Lipinski definition) is 2. The first-order chi connectivity index (χ1) is 9.06. The Hall–Kier alpha value is -1.81. The molecular weight excluding hydrogens is 238 g/mol. The van der Waals surface area contributed by atoms with Gasteiger partial charge in [0.1, 0.15) is 5.75 Å². The predicted octanol–water partition coefficient (Wildman–Crippen LogP) is 2.64. The summed E-state index contributed by atoms with van der Waals surface area (Å²) in [4.78, 5) is 4.03. The SMILES string of the molecule is Cc1ccc(O)c(C(C)NC(C)Cn2ccnc2)c1. The molecule has 4 nitrogen and oxygen atoms in total. The van der Waals surface area contributed by atoms with Crippen LogP contribution in [-0.4, -0.2) is 20.7 Å². The van der Waals surface area contributed by atoms with Crippen LogP contribution in [0, 0.1) is 6.92 Å². The topological polar surface area (TPSA) is 50.1 Å². The molecule has 2 atom stereocenters. The minimum absolute atomic E-state index is 0.110. The lowest BCUT2D eigenvalue weighted by atomic mass is 10.0. The van der Waals surface area contributed by atoms with E-state index < -0.39 is 0 Å². The van der Waals surface area contributed by atoms with E-state index in [1.165, 1.54) is 0 Å². The molecule has 0 bridgehead atoms. The van der Waals surface area contributed by atoms with E-state index in [0.29, 0.717) is 11.8 Å². The van der Waals surface area contributed by atoms with Gasteiger partial charge in [0.15, 0.2) is 0 Å². The Morgan fingerprint density at radius 1 is 1.37 bits per heavy atom. The van der Waals surface area contributed by atoms with Gasteiger partial charge in [0.25, 0.3) is 0 Å². The smallest absolute Gasteiger partial charge is 0.120 e. The highest BCUT2D eigenvalue weighted by atomic mass is 16.3. The molecule has 0 saturated heterocycles. The molecule has 0 fully saturated rings. The molecule has 0 saturated carbocycles. The number of nitrogens with one attached hydrogen (secondary N) is 1. The molecule has 1 heterocycles. The Morgan fingerprint density at radius 3 is 2.84 bits per heavy atom. The highest BCUT2D eigenvalue weighted by Gasteiger charge is 2.13. The molecule has 2 N–H and O–H groups in total. The normalized spacial score (nSPS) is 14.3. The fourth-order valence-corrected chi connectivity index (χ4v) is 2.30. The van der Waals surface area contributed by atoms with Gasteiger partial charge >= 0.3 is 0 Å². The van der Waals surface area contributed by atoms with Crippen molar-refractivity contribution >= 4 is 0 Å². The molecule has 4 heteroatoms. The molecule has 0 aliphatic heterocycles. The van der Waals surface area contributed by atoms with Crippen molar-refractivity contribution in [2.24, 2.45) is 0 Å². The molecule has 0 aliphatic carbocycles. The zero-order valence-electron chi connectivity index (χ0n) is 11.7. The van der Waals surface area contributed by atoms with Gasteiger partial charge in [-0.2, -0.15) is 0 Å². The van der Waals surface area contributed by atoms with E-state index in [0.717, 1.165) is 17.7 Å². The lowest BCUT2D eigenvalue weighted by Crippen LogP contribution is -2.32. The van der Waals surface area contributed by atoms with Crippen molar-refractivity contribution < 1.29 is 5.11 Å². The van der Waals surface area contributed by atoms with E-state index in [1.54, 1.807) is 12.3 Å². The fraction of sp³-hybridized carbons (Fsp3) is 0.400. The van der Waals surface area contributed by atoms with Crippen LogP contribution in [0.5, 0.6) is 5.75 Å². The molecule has 2 aromatic rings. The average Bonchev–Trinajstić information content (AvgIpc) is 2.84. The third-order valence-corrected chi connectivity index (χ3v) is 3.23. The summed E-state index contributed by atoms with van der Waals surface area (Å²) < 4.78 is 2.04. The number of aromatic nitrogens is 2. The number of imidazole rings is 1. The molecule has 2 rings (SSSR count). The number of phenolic OH excluding ortho intramolecular Hbond substituents is 1. The van der Waals surface area contributed by atoms with Crippen molar-refractivity contribution in [2.75, 3.05) is 0 Å². The molecule has 0 amide bonds. The van der Waals surface area contributed by atoms with Gasteiger partial charge in [-0.15, -0.1) is 0 Å². The van der Waals surface area contributed by atoms with Gasteiger partial charge < -0.3 is 15.0 Å². The van der Waals surface area contributed by atoms with Crippen LogP contribution < -0.4 is 5.32 Å². The Bertz CT molecular complexity index is 522. The van der Waals surface area contributed by atoms with E-state index in [1.807, 2.05) is 36.1 Å². The summed E-state index contributed by atoms with van der Waals surface area (Å²) in [6.07, 6.45) is 5.54. The summed E-state index contributed by atoms with van der Waals surface area (Å²) in [6.45, 7) is 7.09. The van der Waals surface area contributed by atoms with Gasteiger partial charge in [0.2, 0.25) is 0 Å². The molecule has 19 heavy (non-hydrogen) atoms. The molecule has 0 spiro atoms. The maximum Gasteiger partial charge on any atom is 0.120 e. The van der Waals surface area contributed by atoms with Crippen molar-refractivity contribution in [1.29, 1.82) is 0 Å². The van der Waals surface area contributed by atoms with Crippen LogP contribution in [0.2, 0.25) is 0 Å². The summed E-state index contributed by atoms with van der Waals surface area (Å²) in [6, 6.07) is 6.10. The Morgan fingerprint density at radius 2 is 2.16 bits per heavy atom. The number of nitrogens with zero attached hydrogens (tertiary/aromatic N) is 2. The first kappa shape index (κ1) is 13.6. The fourth-order valence-electron chi connectivity index (χ4n) is 2.30. The summed E-state index contributed by atoms with van der Waals surface area (Å²) in [5.41, 5.74) is 2.10. The monoisotopic (exact) mass is 259 g/mol. The van der Waals surface area contributed by atoms with Crippen LogP contribution in [0.1, 0.15) is 31.0 Å². The van der Waals surface area contributed by atoms with Crippen LogP contribution in [-0.2, 0) is 6.54 Å². The summed E-state index contributed by atoms with van der Waals surface area (Å²) in [7, 11) is 0. The molecule has 1 aromatic heterocycles. The van der Waals surface area contributed by atoms with Crippen LogP contribution in [0.3, 0.4) is 0 Å². The third kappa shape index (κ3) is 3.58. The van der Waals surface area contributed by atoms with Gasteiger partial charge in [-0.25, -0.2) is 4.98 Å². The van der Waals surface area contributed by atoms with Crippen LogP contribution in [0.25, 0.3) is 0 Å². The molecule has 2 unspecified atom stereocenters. The zero-order chi connectivity index (χ0) is 13.8. The van der Waals surface area contributed by atoms with E-state index in [2.05, 4.69) is 24.1 Å². The van der Waals surface area contributed by atoms with Crippen molar-refractivity contribution in [1.82, 2.24) is 14.9 Å². The molecule has 0 aliphatic rings. The second-order valence-electron chi connectivity index (χ2n) is 5.11. The summed E-state index contributed by atoms with van der Waals surface area (Å²) in [5.74, 6) is 0.348. The molecule has 0 radical (unpaired) electrons. The maximum absolute atomic E-state index is 9.92. The van der Waals surface area contributed by atoms with Gasteiger partial charge in [0.05, 0.1) is 6.33 Å². The van der Waals surface area contributed by atoms with Crippen molar-refractivity contribution in [3.8, 4) is 5.75 Å². The first-order valence-electron chi connectivity index (χ1n) is 6.57. The largest absolute Gasteiger partial charge is 0.508 e. The maximum atomic E-state index is 9.92. The van der Waals surface area contributed by atoms with Crippen molar-refractivity contribution in [3.63, 3.8) is 0 Å². The van der Waals surface area contributed by atoms with Crippen LogP contribution >= 0.6 is 0 Å². The zero-order valence-corrected chi connectivity index (χ0v) is 11.7. The quantitative estimate of drug-likeness (QED) is 0.868. The van der Waals surface area contributed by atoms with Crippen molar-refractivity contribution in [3.05, 3.63) is 48.0 Å². The number of rotatable bonds is 5. The number of phenols is 1. The highest BCUT2D eigenvalue weighted by Crippen LogP contribution is 2.25. The second-order valence-corrected chi connectivity index (χ2v) is 5.11. The number of benzene rings is 1. The van der Waals surface area contributed by atoms with Gasteiger partial charge in [-0.1, -0.05) is 17.7 Å². The molecular formula is C15H21N3O. The van der Waals surface area contributed by atoms with E-state index in [9.17, 15) is 5.11 Å². The third-order valence-electron chi connectivity index (χ3n) is 3.23. The number of hydrogen-bond acceptors (Lipinski definition) is 3. The second kappa shape index (κ2) is 5.89. The number of aromatic hydroxyl groups is 1. The van der Waals surface area contributed by atoms with Crippen molar-refractivity contribution in [2.45, 2.75) is 39.4 Å². The summed E-state index contributed by atoms with van der Waals surface area (Å²) in [5, 5.41) is 13.4. The lowest BCUT2D eigenvalue weighted by Gasteiger charge is -2.21. The molecule has 1 aromatic carbocycles. The average molecular weight is 259 g/mol. The van der Waals surface area contributed by atoms with Gasteiger partial charge in [-0.3, -0.25) is 0 Å². The minimum Gasteiger partial charge on any atom is -0.508 e. The Kier molecular flexibility index (Phi) is 4.22. The predicted molar refractivity (Wildman–Crippen MR) is 76.1 cm³/mol. The lowest BCUT2D eigenvalue weighted by molar-refractivity contribution is 0.410. The Labute approximate surface area is 114 Å². The van der Waals surface area contributed by atoms with Crippen LogP contribution in [0.4, 0.5) is 0 Å². The van der Waals surface area contributed by atoms with E-state index in [-0.39, 0.29) is 6.04 Å². The van der Waals surface area contributed by atoms with E-state index >= 15 is 0 Å². The van der Waals surface area contributed by atoms with Gasteiger partial charge in [0, 0.05) is 36.6 Å². The Balaban J connectivity index is 2.00. The standard InChI is InChI=1S/C15H21N3O/c1-11-4-5-15(19)14(8-11)13(3)17-12(2)9-18-7-6-16-10-18/h4-8,10,12-13,17,19H,9H2,1-3H3. The van der Waals surface area contributed by atoms with Crippen LogP contribution in [0.15, 0.2) is 36.9 Å². The number of aryl methyl sites for hydroxylation is 1. The first-order valence-corrected chi connectivity index (χ1v) is 6.57. The van der Waals surface area contributed by atoms with E-state index in [4.69, 9.17) is 0 Å². The molecule has 102 valence electrons. The van der Waals surface area contributed by atoms with Gasteiger partial charge in [-0.05, 0) is 26.8 Å². The highest BCUT2D eigenvalue weighted by molar-refractivity contribution is 5.37. The summed E-state index contributed by atoms with van der Waals surface area (Å²) >= 11 is 0. The minimum atomic E-state index is 0.110.